The second-order valence-corrected chi connectivity index (χ2v) is 17.6. The highest BCUT2D eigenvalue weighted by atomic mass is 32.2. The van der Waals surface area contributed by atoms with Crippen LogP contribution in [0.4, 0.5) is 0 Å². The normalized spacial score (nSPS) is 16.4. The van der Waals surface area contributed by atoms with E-state index in [9.17, 15) is 78.0 Å². The lowest BCUT2D eigenvalue weighted by Crippen LogP contribution is -2.59. The SMILES string of the molecule is CC[C@H](C)[C@H](N)C(=O)N[C@@H](CO)C(=O)N[C@@H](Cc1ccc(O)cc1)C(=O)NCC(=O)N[C@@H](CC(N)=O)C(=O)N[C@@H](CC(=O)O)C(=O)N[C@@H](C)C(=O)NCC(=O)N[C@@H](CCSC)C(=O)N1CCC[C@H]1C(=O)O. The number of aromatic hydroxyl groups is 1. The van der Waals surface area contributed by atoms with E-state index in [1.165, 1.54) is 40.9 Å². The molecule has 0 unspecified atom stereocenters. The lowest BCUT2D eigenvalue weighted by Gasteiger charge is -2.27. The molecule has 1 aliphatic rings. The Bertz CT molecular complexity index is 2100. The highest BCUT2D eigenvalue weighted by Crippen LogP contribution is 2.20. The number of aliphatic hydroxyl groups excluding tert-OH is 1. The van der Waals surface area contributed by atoms with Gasteiger partial charge in [0, 0.05) is 13.0 Å². The summed E-state index contributed by atoms with van der Waals surface area (Å²) in [6, 6.07) is -6.02. The number of aliphatic hydroxyl groups is 1. The number of carbonyl (C=O) groups excluding carboxylic acids is 10. The van der Waals surface area contributed by atoms with Crippen LogP contribution in [-0.4, -0.2) is 183 Å². The molecule has 0 radical (unpaired) electrons. The van der Waals surface area contributed by atoms with Crippen LogP contribution in [0.25, 0.3) is 0 Å². The number of nitrogens with two attached hydrogens (primary N) is 2. The van der Waals surface area contributed by atoms with Crippen LogP contribution in [0.2, 0.25) is 0 Å². The second kappa shape index (κ2) is 29.8. The minimum Gasteiger partial charge on any atom is -0.508 e. The van der Waals surface area contributed by atoms with Crippen LogP contribution in [0.15, 0.2) is 24.3 Å². The van der Waals surface area contributed by atoms with Crippen molar-refractivity contribution >= 4 is 82.8 Å². The highest BCUT2D eigenvalue weighted by molar-refractivity contribution is 7.98. The summed E-state index contributed by atoms with van der Waals surface area (Å²) >= 11 is 1.38. The maximum absolute atomic E-state index is 13.5. The number of carboxylic acids is 2. The molecule has 1 aliphatic heterocycles. The number of benzene rings is 1. The monoisotopic (exact) mass is 1020 g/mol. The molecule has 0 aromatic heterocycles. The number of nitrogens with one attached hydrogen (secondary N) is 8. The van der Waals surface area contributed by atoms with Gasteiger partial charge in [-0.2, -0.15) is 11.8 Å². The minimum atomic E-state index is -1.93. The van der Waals surface area contributed by atoms with Gasteiger partial charge in [0.1, 0.15) is 48.0 Å². The number of aliphatic carboxylic acids is 2. The second-order valence-electron chi connectivity index (χ2n) is 16.6. The van der Waals surface area contributed by atoms with Crippen molar-refractivity contribution in [3.63, 3.8) is 0 Å². The molecule has 1 saturated heterocycles. The van der Waals surface area contributed by atoms with Crippen LogP contribution in [0.1, 0.15) is 64.9 Å². The molecule has 9 atom stereocenters. The highest BCUT2D eigenvalue weighted by Gasteiger charge is 2.38. The third kappa shape index (κ3) is 20.4. The Hall–Kier alpha value is -7.07. The van der Waals surface area contributed by atoms with Gasteiger partial charge < -0.3 is 79.3 Å². The van der Waals surface area contributed by atoms with Crippen molar-refractivity contribution < 1.29 is 78.0 Å². The predicted molar refractivity (Wildman–Crippen MR) is 251 cm³/mol. The number of likely N-dealkylation sites (tertiary alicyclic amines) is 1. The Kier molecular flexibility index (Phi) is 25.2. The molecule has 16 N–H and O–H groups in total. The zero-order valence-corrected chi connectivity index (χ0v) is 40.5. The lowest BCUT2D eigenvalue weighted by atomic mass is 9.99. The standard InChI is InChI=1S/C43H65N11O16S/c1-5-21(2)35(45)41(67)53-29(20-55)40(66)51-26(15-23-8-10-24(56)11-9-23)37(63)47-19-33(59)50-27(16-31(44)57)39(65)52-28(17-34(60)61)38(64)48-22(3)36(62)46-18-32(58)49-25(12-14-71-4)42(68)54-13-6-7-30(54)43(69)70/h8-11,21-22,25-30,35,55-56H,5-7,12-20,45H2,1-4H3,(H2,44,57)(H,46,62)(H,47,63)(H,48,64)(H,49,58)(H,50,59)(H,51,66)(H,52,65)(H,53,67)(H,60,61)(H,69,70)/t21-,22-,25-,26-,27-,28-,29-,30-,35-/m0/s1. The molecule has 71 heavy (non-hydrogen) atoms. The number of nitrogens with zero attached hydrogens (tertiary/aromatic N) is 1. The average molecular weight is 1020 g/mol. The van der Waals surface area contributed by atoms with Crippen molar-refractivity contribution in [3.05, 3.63) is 29.8 Å². The molecule has 2 rings (SSSR count). The number of carbonyl (C=O) groups is 12. The Morgan fingerprint density at radius 2 is 1.25 bits per heavy atom. The van der Waals surface area contributed by atoms with E-state index >= 15 is 0 Å². The van der Waals surface area contributed by atoms with Gasteiger partial charge >= 0.3 is 11.9 Å². The summed E-state index contributed by atoms with van der Waals surface area (Å²) in [7, 11) is 0. The fourth-order valence-electron chi connectivity index (χ4n) is 6.85. The predicted octanol–water partition coefficient (Wildman–Crippen LogP) is -5.36. The Labute approximate surface area is 412 Å². The van der Waals surface area contributed by atoms with Gasteiger partial charge in [-0.25, -0.2) is 4.79 Å². The van der Waals surface area contributed by atoms with E-state index in [1.54, 1.807) is 20.1 Å². The molecular weight excluding hydrogens is 959 g/mol. The molecule has 0 bridgehead atoms. The molecule has 0 aliphatic carbocycles. The van der Waals surface area contributed by atoms with Gasteiger partial charge in [-0.15, -0.1) is 0 Å². The van der Waals surface area contributed by atoms with Crippen LogP contribution in [0.5, 0.6) is 5.75 Å². The summed E-state index contributed by atoms with van der Waals surface area (Å²) in [4.78, 5) is 155. The largest absolute Gasteiger partial charge is 0.508 e. The number of carboxylic acid groups (broad SMARTS) is 2. The van der Waals surface area contributed by atoms with E-state index in [2.05, 4.69) is 42.5 Å². The van der Waals surface area contributed by atoms with Gasteiger partial charge in [0.15, 0.2) is 0 Å². The summed E-state index contributed by atoms with van der Waals surface area (Å²) in [5.74, 6) is -12.7. The van der Waals surface area contributed by atoms with Crippen molar-refractivity contribution in [2.24, 2.45) is 17.4 Å². The molecule has 1 aromatic rings. The molecule has 0 spiro atoms. The first-order valence-electron chi connectivity index (χ1n) is 22.4. The first-order valence-corrected chi connectivity index (χ1v) is 23.8. The fourth-order valence-corrected chi connectivity index (χ4v) is 7.32. The fraction of sp³-hybridized carbons (Fsp3) is 0.581. The number of rotatable bonds is 30. The van der Waals surface area contributed by atoms with Gasteiger partial charge in [0.25, 0.3) is 0 Å². The van der Waals surface area contributed by atoms with Crippen molar-refractivity contribution in [1.29, 1.82) is 0 Å². The lowest BCUT2D eigenvalue weighted by molar-refractivity contribution is -0.149. The first-order chi connectivity index (χ1) is 33.4. The summed E-state index contributed by atoms with van der Waals surface area (Å²) < 4.78 is 0. The third-order valence-electron chi connectivity index (χ3n) is 11.1. The molecular formula is C43H65N11O16S. The number of amides is 10. The smallest absolute Gasteiger partial charge is 0.326 e. The van der Waals surface area contributed by atoms with Crippen molar-refractivity contribution in [2.45, 2.75) is 114 Å². The van der Waals surface area contributed by atoms with E-state index < -0.39 is 152 Å². The van der Waals surface area contributed by atoms with Gasteiger partial charge in [-0.05, 0) is 61.8 Å². The van der Waals surface area contributed by atoms with E-state index in [1.807, 2.05) is 0 Å². The van der Waals surface area contributed by atoms with Crippen LogP contribution < -0.4 is 54.0 Å². The molecule has 28 heteroatoms. The maximum Gasteiger partial charge on any atom is 0.326 e. The van der Waals surface area contributed by atoms with Crippen LogP contribution in [0, 0.1) is 5.92 Å². The van der Waals surface area contributed by atoms with Gasteiger partial charge in [0.2, 0.25) is 59.1 Å². The molecule has 10 amide bonds. The number of primary amides is 1. The molecule has 27 nitrogen and oxygen atoms in total. The summed E-state index contributed by atoms with van der Waals surface area (Å²) in [6.07, 6.45) is 0.942. The number of hydrogen-bond acceptors (Lipinski definition) is 16. The van der Waals surface area contributed by atoms with Gasteiger partial charge in [-0.3, -0.25) is 52.7 Å². The number of phenols is 1. The number of hydrogen-bond donors (Lipinski definition) is 14. The van der Waals surface area contributed by atoms with E-state index in [0.29, 0.717) is 24.2 Å². The van der Waals surface area contributed by atoms with Crippen molar-refractivity contribution in [2.75, 3.05) is 38.2 Å². The summed E-state index contributed by atoms with van der Waals surface area (Å²) in [6.45, 7) is 2.35. The summed E-state index contributed by atoms with van der Waals surface area (Å²) in [5, 5.41) is 56.8. The summed E-state index contributed by atoms with van der Waals surface area (Å²) in [5.41, 5.74) is 11.7. The van der Waals surface area contributed by atoms with Crippen LogP contribution in [0.3, 0.4) is 0 Å². The molecule has 0 saturated carbocycles. The average Bonchev–Trinajstić information content (AvgIpc) is 3.82. The molecule has 1 fully saturated rings. The zero-order chi connectivity index (χ0) is 53.5. The number of phenolic OH excluding ortho intramolecular Hbond substituents is 1. The maximum atomic E-state index is 13.5. The molecule has 1 aromatic carbocycles. The first kappa shape index (κ1) is 60.1. The quantitative estimate of drug-likeness (QED) is 0.0342. The zero-order valence-electron chi connectivity index (χ0n) is 39.7. The van der Waals surface area contributed by atoms with Crippen molar-refractivity contribution in [1.82, 2.24) is 47.4 Å². The molecule has 1 heterocycles. The van der Waals surface area contributed by atoms with Gasteiger partial charge in [0.05, 0.1) is 38.6 Å². The van der Waals surface area contributed by atoms with E-state index in [4.69, 9.17) is 11.5 Å². The Balaban J connectivity index is 2.12. The third-order valence-corrected chi connectivity index (χ3v) is 11.8. The van der Waals surface area contributed by atoms with Gasteiger partial charge in [-0.1, -0.05) is 32.4 Å². The number of thioether (sulfide) groups is 1. The van der Waals surface area contributed by atoms with Crippen LogP contribution >= 0.6 is 11.8 Å². The Morgan fingerprint density at radius 3 is 1.80 bits per heavy atom. The topological polar surface area (TPSA) is 437 Å². The van der Waals surface area contributed by atoms with Crippen LogP contribution in [-0.2, 0) is 64.0 Å². The molecule has 394 valence electrons. The van der Waals surface area contributed by atoms with Crippen molar-refractivity contribution in [3.8, 4) is 5.75 Å². The minimum absolute atomic E-state index is 0.113. The Morgan fingerprint density at radius 1 is 0.718 bits per heavy atom. The van der Waals surface area contributed by atoms with E-state index in [0.717, 1.165) is 6.92 Å². The van der Waals surface area contributed by atoms with E-state index in [-0.39, 0.29) is 37.5 Å².